The Morgan fingerprint density at radius 1 is 1.24 bits per heavy atom. The smallest absolute Gasteiger partial charge is 0.257 e. The number of pyridine rings is 1. The molecule has 4 rings (SSSR count). The molecule has 0 spiro atoms. The Balaban J connectivity index is 1.65. The number of aryl methyl sites for hydroxylation is 1. The number of rotatable bonds is 4. The van der Waals surface area contributed by atoms with Gasteiger partial charge in [0.05, 0.1) is 23.1 Å². The van der Waals surface area contributed by atoms with E-state index < -0.39 is 0 Å². The van der Waals surface area contributed by atoms with Crippen LogP contribution in [0, 0.1) is 24.1 Å². The molecule has 170 valence electrons. The molecule has 1 aliphatic heterocycles. The highest BCUT2D eigenvalue weighted by Gasteiger charge is 2.31. The highest BCUT2D eigenvalue weighted by Crippen LogP contribution is 2.33. The molecule has 0 saturated carbocycles. The van der Waals surface area contributed by atoms with Crippen molar-refractivity contribution in [3.05, 3.63) is 71.1 Å². The number of furan rings is 1. The first-order valence-electron chi connectivity index (χ1n) is 11.1. The summed E-state index contributed by atoms with van der Waals surface area (Å²) in [6, 6.07) is 12.0. The van der Waals surface area contributed by atoms with Crippen LogP contribution in [0.2, 0.25) is 0 Å². The van der Waals surface area contributed by atoms with Crippen LogP contribution in [-0.2, 0) is 0 Å². The zero-order valence-corrected chi connectivity index (χ0v) is 19.3. The van der Waals surface area contributed by atoms with E-state index in [1.165, 1.54) is 18.4 Å². The number of piperazine rings is 1. The lowest BCUT2D eigenvalue weighted by atomic mass is 9.95. The number of anilines is 1. The minimum atomic E-state index is -0.304. The molecule has 1 fully saturated rings. The molecule has 33 heavy (non-hydrogen) atoms. The van der Waals surface area contributed by atoms with Gasteiger partial charge in [0.1, 0.15) is 23.5 Å². The third kappa shape index (κ3) is 4.34. The molecule has 0 unspecified atom stereocenters. The Kier molecular flexibility index (Phi) is 6.19. The lowest BCUT2D eigenvalue weighted by Crippen LogP contribution is -2.54. The summed E-state index contributed by atoms with van der Waals surface area (Å²) in [6.07, 6.45) is 1.53. The van der Waals surface area contributed by atoms with Gasteiger partial charge in [-0.15, -0.1) is 0 Å². The first-order chi connectivity index (χ1) is 15.8. The Hall–Kier alpha value is -3.66. The molecule has 0 bridgehead atoms. The van der Waals surface area contributed by atoms with Gasteiger partial charge >= 0.3 is 0 Å². The molecular formula is C26H27FN4O2. The first kappa shape index (κ1) is 22.5. The molecule has 0 aliphatic carbocycles. The van der Waals surface area contributed by atoms with Crippen LogP contribution in [-0.4, -0.2) is 41.5 Å². The Morgan fingerprint density at radius 3 is 2.55 bits per heavy atom. The van der Waals surface area contributed by atoms with Gasteiger partial charge in [-0.3, -0.25) is 4.79 Å². The predicted molar refractivity (Wildman–Crippen MR) is 125 cm³/mol. The van der Waals surface area contributed by atoms with Crippen LogP contribution >= 0.6 is 0 Å². The topological polar surface area (TPSA) is 73.4 Å². The second-order valence-electron chi connectivity index (χ2n) is 8.75. The number of halogens is 1. The second kappa shape index (κ2) is 9.07. The fourth-order valence-corrected chi connectivity index (χ4v) is 4.35. The maximum Gasteiger partial charge on any atom is 0.257 e. The third-order valence-corrected chi connectivity index (χ3v) is 6.13. The molecule has 6 nitrogen and oxygen atoms in total. The first-order valence-corrected chi connectivity index (χ1v) is 11.1. The quantitative estimate of drug-likeness (QED) is 0.555. The van der Waals surface area contributed by atoms with E-state index in [0.717, 1.165) is 16.8 Å². The summed E-state index contributed by atoms with van der Waals surface area (Å²) in [5.74, 6) is 1.01. The Bertz CT molecular complexity index is 1210. The summed E-state index contributed by atoms with van der Waals surface area (Å²) in [7, 11) is 0. The molecular weight excluding hydrogens is 419 g/mol. The van der Waals surface area contributed by atoms with Gasteiger partial charge in [-0.05, 0) is 49.6 Å². The van der Waals surface area contributed by atoms with Gasteiger partial charge in [-0.1, -0.05) is 26.0 Å². The molecule has 7 heteroatoms. The lowest BCUT2D eigenvalue weighted by Gasteiger charge is -2.40. The summed E-state index contributed by atoms with van der Waals surface area (Å²) < 4.78 is 18.7. The maximum atomic E-state index is 13.4. The Morgan fingerprint density at radius 2 is 1.97 bits per heavy atom. The van der Waals surface area contributed by atoms with E-state index in [4.69, 9.17) is 9.40 Å². The van der Waals surface area contributed by atoms with Crippen LogP contribution in [0.15, 0.2) is 47.1 Å². The van der Waals surface area contributed by atoms with Crippen molar-refractivity contribution in [2.24, 2.45) is 0 Å². The lowest BCUT2D eigenvalue weighted by molar-refractivity contribution is 0.0672. The number of hydrogen-bond acceptors (Lipinski definition) is 5. The molecule has 1 aromatic carbocycles. The van der Waals surface area contributed by atoms with Crippen molar-refractivity contribution < 1.29 is 13.6 Å². The van der Waals surface area contributed by atoms with E-state index in [9.17, 15) is 14.4 Å². The molecule has 1 aliphatic rings. The second-order valence-corrected chi connectivity index (χ2v) is 8.75. The van der Waals surface area contributed by atoms with Gasteiger partial charge in [-0.25, -0.2) is 9.37 Å². The molecule has 1 atom stereocenters. The van der Waals surface area contributed by atoms with Crippen LogP contribution < -0.4 is 4.90 Å². The van der Waals surface area contributed by atoms with E-state index in [2.05, 4.69) is 24.8 Å². The van der Waals surface area contributed by atoms with Gasteiger partial charge in [0.25, 0.3) is 5.91 Å². The average Bonchev–Trinajstić information content (AvgIpc) is 3.24. The van der Waals surface area contributed by atoms with Crippen molar-refractivity contribution in [1.82, 2.24) is 9.88 Å². The summed E-state index contributed by atoms with van der Waals surface area (Å²) in [5, 5.41) is 9.90. The van der Waals surface area contributed by atoms with Gasteiger partial charge < -0.3 is 14.2 Å². The monoisotopic (exact) mass is 446 g/mol. The fourth-order valence-electron chi connectivity index (χ4n) is 4.35. The van der Waals surface area contributed by atoms with Gasteiger partial charge in [0.2, 0.25) is 0 Å². The number of hydrogen-bond donors (Lipinski definition) is 0. The van der Waals surface area contributed by atoms with Crippen molar-refractivity contribution in [3.63, 3.8) is 0 Å². The van der Waals surface area contributed by atoms with Crippen molar-refractivity contribution in [2.75, 3.05) is 24.5 Å². The number of amides is 1. The highest BCUT2D eigenvalue weighted by molar-refractivity contribution is 5.95. The largest absolute Gasteiger partial charge is 0.469 e. The number of nitriles is 1. The van der Waals surface area contributed by atoms with E-state index in [1.807, 2.05) is 17.9 Å². The number of carbonyl (C=O) groups excluding carboxylic acids is 1. The molecule has 2 aromatic heterocycles. The molecule has 1 saturated heterocycles. The molecule has 3 heterocycles. The minimum absolute atomic E-state index is 0.0450. The third-order valence-electron chi connectivity index (χ3n) is 6.13. The summed E-state index contributed by atoms with van der Waals surface area (Å²) in [4.78, 5) is 21.8. The van der Waals surface area contributed by atoms with E-state index >= 15 is 0 Å². The molecule has 0 radical (unpaired) electrons. The highest BCUT2D eigenvalue weighted by atomic mass is 19.1. The van der Waals surface area contributed by atoms with E-state index in [0.29, 0.717) is 42.3 Å². The Labute approximate surface area is 193 Å². The van der Waals surface area contributed by atoms with Gasteiger partial charge in [0, 0.05) is 31.2 Å². The predicted octanol–water partition coefficient (Wildman–Crippen LogP) is 5.14. The number of nitrogens with zero attached hydrogens (tertiary/aromatic N) is 4. The van der Waals surface area contributed by atoms with E-state index in [1.54, 1.807) is 25.1 Å². The summed E-state index contributed by atoms with van der Waals surface area (Å²) >= 11 is 0. The number of benzene rings is 1. The van der Waals surface area contributed by atoms with Gasteiger partial charge in [-0.2, -0.15) is 5.26 Å². The van der Waals surface area contributed by atoms with Crippen molar-refractivity contribution >= 4 is 11.7 Å². The van der Waals surface area contributed by atoms with Crippen LogP contribution in [0.25, 0.3) is 11.1 Å². The average molecular weight is 447 g/mol. The zero-order valence-electron chi connectivity index (χ0n) is 19.3. The van der Waals surface area contributed by atoms with Crippen LogP contribution in [0.3, 0.4) is 0 Å². The standard InChI is InChI=1S/C26H27FN4O2/c1-16(2)24-23(19-5-7-21(27)8-6-19)13-20(14-28)25(29-24)30-10-11-31(17(3)15-30)26(32)22-9-12-33-18(22)4/h5-9,12-13,16-17H,10-11,15H2,1-4H3/t17-/m1/s1. The van der Waals surface area contributed by atoms with Crippen LogP contribution in [0.5, 0.6) is 0 Å². The fraction of sp³-hybridized carbons (Fsp3) is 0.346. The summed E-state index contributed by atoms with van der Waals surface area (Å²) in [5.41, 5.74) is 3.57. The van der Waals surface area contributed by atoms with Crippen molar-refractivity contribution in [3.8, 4) is 17.2 Å². The van der Waals surface area contributed by atoms with Gasteiger partial charge in [0.15, 0.2) is 0 Å². The van der Waals surface area contributed by atoms with Crippen LogP contribution in [0.1, 0.15) is 54.1 Å². The van der Waals surface area contributed by atoms with E-state index in [-0.39, 0.29) is 23.7 Å². The normalized spacial score (nSPS) is 16.2. The SMILES string of the molecule is Cc1occc1C(=O)N1CCN(c2nc(C(C)C)c(-c3ccc(F)cc3)cc2C#N)C[C@H]1C. The van der Waals surface area contributed by atoms with Crippen molar-refractivity contribution in [1.29, 1.82) is 5.26 Å². The van der Waals surface area contributed by atoms with Crippen molar-refractivity contribution in [2.45, 2.75) is 39.7 Å². The minimum Gasteiger partial charge on any atom is -0.469 e. The zero-order chi connectivity index (χ0) is 23.7. The number of aromatic nitrogens is 1. The molecule has 1 amide bonds. The number of carbonyl (C=O) groups is 1. The molecule has 3 aromatic rings. The molecule has 0 N–H and O–H groups in total. The summed E-state index contributed by atoms with van der Waals surface area (Å²) in [6.45, 7) is 9.55. The maximum absolute atomic E-state index is 13.4. The van der Waals surface area contributed by atoms with Crippen LogP contribution in [0.4, 0.5) is 10.2 Å².